The molecule has 3 nitrogen and oxygen atoms in total. The number of benzene rings is 8. The van der Waals surface area contributed by atoms with Gasteiger partial charge >= 0.3 is 0 Å². The first-order valence-electron chi connectivity index (χ1n) is 24.0. The summed E-state index contributed by atoms with van der Waals surface area (Å²) in [4.78, 5) is 11.6. The number of nitrogens with zero attached hydrogens (tertiary/aromatic N) is 3. The zero-order valence-corrected chi connectivity index (χ0v) is 36.6. The van der Waals surface area contributed by atoms with Crippen LogP contribution in [0.3, 0.4) is 0 Å². The minimum absolute atomic E-state index is 0.526. The van der Waals surface area contributed by atoms with Crippen LogP contribution >= 0.6 is 0 Å². The van der Waals surface area contributed by atoms with Gasteiger partial charge in [-0.2, -0.15) is 0 Å². The monoisotopic (exact) mass is 849 g/mol. The average molecular weight is 850 g/mol. The number of hydrogen-bond acceptors (Lipinski definition) is 2. The Morgan fingerprint density at radius 3 is 1.10 bits per heavy atom. The van der Waals surface area contributed by atoms with Crippen LogP contribution in [0, 0.1) is 0 Å². The van der Waals surface area contributed by atoms with Crippen LogP contribution in [0.1, 0.15) is 67.0 Å². The van der Waals surface area contributed by atoms with E-state index in [9.17, 15) is 0 Å². The van der Waals surface area contributed by atoms with Crippen LogP contribution < -0.4 is 0 Å². The molecule has 4 bridgehead atoms. The standard InChI is InChI=1S/C64H39N3/c1-7-22-46-40(16-1)41-17-2-8-23-47(41)63(46)50-26-11-5-20-44(50)56-58-52(34-65-61(56)63)67-53-35-66-62-57(59(53)55-39-31-29-37-15-13-14-36(32-37)28-30-38(33-39)54(58)60(55)67)45-21-6-12-27-51(45)64(62)48-24-9-3-18-42(48)43-19-4-10-25-49(43)64/h1-27,32-35H,28-31H2. The van der Waals surface area contributed by atoms with E-state index in [2.05, 4.69) is 193 Å². The molecule has 4 heterocycles. The second-order valence-electron chi connectivity index (χ2n) is 19.7. The molecule has 0 fully saturated rings. The topological polar surface area (TPSA) is 30.2 Å². The molecule has 0 unspecified atom stereocenters. The van der Waals surface area contributed by atoms with Gasteiger partial charge in [0.2, 0.25) is 0 Å². The molecule has 0 N–H and O–H groups in total. The molecule has 0 radical (unpaired) electrons. The number of aromatic nitrogens is 3. The highest BCUT2D eigenvalue weighted by atomic mass is 15.0. The third-order valence-corrected chi connectivity index (χ3v) is 17.0. The molecule has 310 valence electrons. The van der Waals surface area contributed by atoms with Gasteiger partial charge in [-0.25, -0.2) is 0 Å². The van der Waals surface area contributed by atoms with Crippen LogP contribution in [0.2, 0.25) is 0 Å². The first-order chi connectivity index (χ1) is 33.3. The molecule has 2 spiro atoms. The summed E-state index contributed by atoms with van der Waals surface area (Å²) >= 11 is 0. The van der Waals surface area contributed by atoms with Crippen molar-refractivity contribution in [2.45, 2.75) is 36.5 Å². The van der Waals surface area contributed by atoms with Gasteiger partial charge in [0.25, 0.3) is 0 Å². The minimum Gasteiger partial charge on any atom is -0.305 e. The molecular formula is C64H39N3. The quantitative estimate of drug-likeness (QED) is 0.152. The second kappa shape index (κ2) is 12.0. The van der Waals surface area contributed by atoms with Gasteiger partial charge < -0.3 is 4.40 Å². The molecule has 17 rings (SSSR count). The lowest BCUT2D eigenvalue weighted by Gasteiger charge is -2.29. The summed E-state index contributed by atoms with van der Waals surface area (Å²) < 4.78 is 2.60. The molecule has 4 aromatic heterocycles. The van der Waals surface area contributed by atoms with Gasteiger partial charge in [-0.1, -0.05) is 176 Å². The lowest BCUT2D eigenvalue weighted by molar-refractivity contribution is 0.761. The zero-order valence-electron chi connectivity index (χ0n) is 36.6. The highest BCUT2D eigenvalue weighted by Gasteiger charge is 2.55. The number of aryl methyl sites for hydroxylation is 4. The third kappa shape index (κ3) is 3.87. The van der Waals surface area contributed by atoms with Crippen LogP contribution in [-0.4, -0.2) is 14.4 Å². The van der Waals surface area contributed by atoms with E-state index in [0.717, 1.165) is 48.1 Å². The molecule has 0 amide bonds. The fourth-order valence-corrected chi connectivity index (χ4v) is 14.6. The number of rotatable bonds is 0. The van der Waals surface area contributed by atoms with Gasteiger partial charge in [-0.05, 0) is 115 Å². The Kier molecular flexibility index (Phi) is 6.30. The summed E-state index contributed by atoms with van der Waals surface area (Å²) in [6.45, 7) is 0. The summed E-state index contributed by atoms with van der Waals surface area (Å²) in [7, 11) is 0. The fourth-order valence-electron chi connectivity index (χ4n) is 14.6. The van der Waals surface area contributed by atoms with Crippen molar-refractivity contribution < 1.29 is 0 Å². The molecule has 12 aromatic rings. The number of pyridine rings is 2. The Hall–Kier alpha value is -8.14. The highest BCUT2D eigenvalue weighted by Crippen LogP contribution is 2.66. The van der Waals surface area contributed by atoms with Gasteiger partial charge in [0, 0.05) is 32.7 Å². The van der Waals surface area contributed by atoms with Gasteiger partial charge in [0.05, 0.1) is 51.2 Å². The van der Waals surface area contributed by atoms with E-state index < -0.39 is 10.8 Å². The smallest absolute Gasteiger partial charge is 0.0898 e. The molecule has 0 saturated heterocycles. The molecule has 3 heteroatoms. The molecule has 8 aromatic carbocycles. The van der Waals surface area contributed by atoms with Crippen molar-refractivity contribution in [3.8, 4) is 44.5 Å². The third-order valence-electron chi connectivity index (χ3n) is 17.0. The van der Waals surface area contributed by atoms with Crippen molar-refractivity contribution in [2.24, 2.45) is 0 Å². The van der Waals surface area contributed by atoms with Crippen molar-refractivity contribution in [1.29, 1.82) is 0 Å². The largest absolute Gasteiger partial charge is 0.305 e. The first-order valence-corrected chi connectivity index (χ1v) is 24.0. The Bertz CT molecular complexity index is 3890. The predicted octanol–water partition coefficient (Wildman–Crippen LogP) is 14.2. The summed E-state index contributed by atoms with van der Waals surface area (Å²) in [6, 6.07) is 66.8. The minimum atomic E-state index is -0.526. The van der Waals surface area contributed by atoms with E-state index in [-0.39, 0.29) is 0 Å². The van der Waals surface area contributed by atoms with E-state index in [1.165, 1.54) is 127 Å². The maximum absolute atomic E-state index is 5.79. The van der Waals surface area contributed by atoms with Crippen LogP contribution in [0.5, 0.6) is 0 Å². The molecular weight excluding hydrogens is 811 g/mol. The lowest BCUT2D eigenvalue weighted by atomic mass is 9.72. The van der Waals surface area contributed by atoms with Gasteiger partial charge in [-0.15, -0.1) is 0 Å². The summed E-state index contributed by atoms with van der Waals surface area (Å²) in [6.07, 6.45) is 8.35. The molecule has 0 aliphatic heterocycles. The number of hydrogen-bond donors (Lipinski definition) is 0. The Morgan fingerprint density at radius 1 is 0.343 bits per heavy atom. The normalized spacial score (nSPS) is 15.8. The summed E-state index contributed by atoms with van der Waals surface area (Å²) in [5, 5.41) is 5.39. The van der Waals surface area contributed by atoms with Crippen molar-refractivity contribution >= 4 is 38.1 Å². The van der Waals surface area contributed by atoms with Crippen LogP contribution in [0.25, 0.3) is 82.6 Å². The van der Waals surface area contributed by atoms with E-state index >= 15 is 0 Å². The fraction of sp³-hybridized carbons (Fsp3) is 0.0938. The van der Waals surface area contributed by atoms with Gasteiger partial charge in [-0.3, -0.25) is 9.97 Å². The van der Waals surface area contributed by atoms with E-state index in [0.29, 0.717) is 0 Å². The predicted molar refractivity (Wildman–Crippen MR) is 271 cm³/mol. The highest BCUT2D eigenvalue weighted by molar-refractivity contribution is 6.31. The molecule has 0 atom stereocenters. The Balaban J connectivity index is 1.06. The molecule has 5 aliphatic rings. The molecule has 0 saturated carbocycles. The van der Waals surface area contributed by atoms with E-state index in [4.69, 9.17) is 9.97 Å². The van der Waals surface area contributed by atoms with E-state index in [1.54, 1.807) is 0 Å². The van der Waals surface area contributed by atoms with Crippen molar-refractivity contribution in [2.75, 3.05) is 0 Å². The first kappa shape index (κ1) is 35.2. The van der Waals surface area contributed by atoms with Crippen LogP contribution in [-0.2, 0) is 36.5 Å². The maximum Gasteiger partial charge on any atom is 0.0898 e. The van der Waals surface area contributed by atoms with Crippen molar-refractivity contribution in [3.05, 3.63) is 255 Å². The Morgan fingerprint density at radius 2 is 0.701 bits per heavy atom. The molecule has 5 aliphatic carbocycles. The maximum atomic E-state index is 5.79. The second-order valence-corrected chi connectivity index (χ2v) is 19.7. The summed E-state index contributed by atoms with van der Waals surface area (Å²) in [5.74, 6) is 0. The van der Waals surface area contributed by atoms with Crippen LogP contribution in [0.15, 0.2) is 188 Å². The molecule has 67 heavy (non-hydrogen) atoms. The average Bonchev–Trinajstić information content (AvgIpc) is 4.20. The van der Waals surface area contributed by atoms with Gasteiger partial charge in [0.1, 0.15) is 0 Å². The van der Waals surface area contributed by atoms with Crippen molar-refractivity contribution in [3.63, 3.8) is 0 Å². The van der Waals surface area contributed by atoms with Crippen molar-refractivity contribution in [1.82, 2.24) is 14.4 Å². The van der Waals surface area contributed by atoms with Gasteiger partial charge in [0.15, 0.2) is 0 Å². The van der Waals surface area contributed by atoms with E-state index in [1.807, 2.05) is 0 Å². The Labute approximate surface area is 387 Å². The van der Waals surface area contributed by atoms with Crippen LogP contribution in [0.4, 0.5) is 0 Å². The summed E-state index contributed by atoms with van der Waals surface area (Å²) in [5.41, 5.74) is 28.8. The lowest BCUT2D eigenvalue weighted by Crippen LogP contribution is -2.27. The number of fused-ring (bicyclic) bond motifs is 34. The SMILES string of the molecule is c1cc2cc(c1)CCc1cc(c3c4c5c(ncc4n4c6cnc7c(c6c1c34)-c1ccccc1C71c3ccccc3-c3ccccc31)C1(c3ccccc3-c3ccccc31)c1ccccc1-5)CC2. The zero-order chi connectivity index (χ0) is 43.3.